The highest BCUT2D eigenvalue weighted by Crippen LogP contribution is 2.35. The van der Waals surface area contributed by atoms with Crippen LogP contribution in [0.2, 0.25) is 15.1 Å². The predicted octanol–water partition coefficient (Wildman–Crippen LogP) is 7.28. The van der Waals surface area contributed by atoms with E-state index in [1.54, 1.807) is 60.7 Å². The highest BCUT2D eigenvalue weighted by molar-refractivity contribution is 7.92. The SMILES string of the molecule is CS(=O)(=O)Nc1ccc2sc(C(=O)Nc3cc(Cl)cc(Oc4ccc(Cl)cc4Cl)c3)cc2c1. The molecular weight excluding hydrogens is 527 g/mol. The van der Waals surface area contributed by atoms with Crippen LogP contribution in [0.4, 0.5) is 11.4 Å². The zero-order valence-corrected chi connectivity index (χ0v) is 20.8. The number of hydrogen-bond donors (Lipinski definition) is 2. The standard InChI is InChI=1S/C22H15Cl3N2O4S2/c1-33(29,30)27-15-3-5-20-12(6-15)7-21(32-20)22(28)26-16-8-14(24)9-17(11-16)31-19-4-2-13(23)10-18(19)25/h2-11,27H,1H3,(H,26,28). The summed E-state index contributed by atoms with van der Waals surface area (Å²) in [7, 11) is -3.40. The van der Waals surface area contributed by atoms with Crippen molar-refractivity contribution in [2.45, 2.75) is 0 Å². The van der Waals surface area contributed by atoms with Gasteiger partial charge < -0.3 is 10.1 Å². The maximum Gasteiger partial charge on any atom is 0.265 e. The maximum absolute atomic E-state index is 12.8. The zero-order valence-electron chi connectivity index (χ0n) is 16.9. The summed E-state index contributed by atoms with van der Waals surface area (Å²) in [5, 5.41) is 4.72. The number of thiophene rings is 1. The van der Waals surface area contributed by atoms with Gasteiger partial charge >= 0.3 is 0 Å². The molecule has 0 atom stereocenters. The first-order chi connectivity index (χ1) is 15.6. The Balaban J connectivity index is 1.55. The number of carbonyl (C=O) groups is 1. The largest absolute Gasteiger partial charge is 0.456 e. The molecule has 3 aromatic carbocycles. The molecule has 0 unspecified atom stereocenters. The van der Waals surface area contributed by atoms with E-state index < -0.39 is 10.0 Å². The van der Waals surface area contributed by atoms with Crippen LogP contribution in [0.25, 0.3) is 10.1 Å². The van der Waals surface area contributed by atoms with Gasteiger partial charge in [-0.05, 0) is 60.0 Å². The second-order valence-electron chi connectivity index (χ2n) is 7.04. The number of sulfonamides is 1. The minimum Gasteiger partial charge on any atom is -0.456 e. The summed E-state index contributed by atoms with van der Waals surface area (Å²) in [5.41, 5.74) is 0.858. The summed E-state index contributed by atoms with van der Waals surface area (Å²) in [4.78, 5) is 13.3. The van der Waals surface area contributed by atoms with Crippen molar-refractivity contribution in [2.75, 3.05) is 16.3 Å². The van der Waals surface area contributed by atoms with Gasteiger partial charge in [-0.15, -0.1) is 11.3 Å². The molecule has 1 heterocycles. The number of ether oxygens (including phenoxy) is 1. The van der Waals surface area contributed by atoms with Crippen molar-refractivity contribution in [1.82, 2.24) is 0 Å². The zero-order chi connectivity index (χ0) is 23.8. The first-order valence-electron chi connectivity index (χ1n) is 9.32. The summed E-state index contributed by atoms with van der Waals surface area (Å²) in [6.07, 6.45) is 1.08. The first-order valence-corrected chi connectivity index (χ1v) is 13.2. The van der Waals surface area contributed by atoms with Crippen LogP contribution >= 0.6 is 46.1 Å². The smallest absolute Gasteiger partial charge is 0.265 e. The summed E-state index contributed by atoms with van der Waals surface area (Å²) >= 11 is 19.6. The van der Waals surface area contributed by atoms with E-state index in [1.807, 2.05) is 0 Å². The van der Waals surface area contributed by atoms with Gasteiger partial charge in [0, 0.05) is 32.2 Å². The van der Waals surface area contributed by atoms with Crippen molar-refractivity contribution in [3.05, 3.63) is 80.6 Å². The number of fused-ring (bicyclic) bond motifs is 1. The molecule has 0 fully saturated rings. The second-order valence-corrected chi connectivity index (χ2v) is 11.2. The summed E-state index contributed by atoms with van der Waals surface area (Å²) in [5.74, 6) is 0.435. The fourth-order valence-electron chi connectivity index (χ4n) is 3.00. The normalized spacial score (nSPS) is 11.4. The van der Waals surface area contributed by atoms with E-state index in [0.717, 1.165) is 16.3 Å². The molecule has 170 valence electrons. The van der Waals surface area contributed by atoms with Crippen molar-refractivity contribution in [3.63, 3.8) is 0 Å². The van der Waals surface area contributed by atoms with Crippen LogP contribution in [-0.2, 0) is 10.0 Å². The van der Waals surface area contributed by atoms with Crippen molar-refractivity contribution in [2.24, 2.45) is 0 Å². The van der Waals surface area contributed by atoms with Crippen LogP contribution in [0.15, 0.2) is 60.7 Å². The van der Waals surface area contributed by atoms with Gasteiger partial charge in [0.05, 0.1) is 16.2 Å². The number of amides is 1. The molecule has 33 heavy (non-hydrogen) atoms. The Kier molecular flexibility index (Phi) is 6.74. The van der Waals surface area contributed by atoms with E-state index in [9.17, 15) is 13.2 Å². The van der Waals surface area contributed by atoms with Crippen LogP contribution in [-0.4, -0.2) is 20.6 Å². The van der Waals surface area contributed by atoms with E-state index in [4.69, 9.17) is 39.5 Å². The molecule has 0 aliphatic heterocycles. The molecule has 1 aromatic heterocycles. The number of carbonyl (C=O) groups excluding carboxylic acids is 1. The van der Waals surface area contributed by atoms with E-state index in [-0.39, 0.29) is 5.91 Å². The van der Waals surface area contributed by atoms with Gasteiger partial charge in [0.1, 0.15) is 11.5 Å². The van der Waals surface area contributed by atoms with Crippen molar-refractivity contribution in [1.29, 1.82) is 0 Å². The molecule has 0 saturated carbocycles. The van der Waals surface area contributed by atoms with Crippen molar-refractivity contribution < 1.29 is 17.9 Å². The van der Waals surface area contributed by atoms with E-state index in [0.29, 0.717) is 42.8 Å². The van der Waals surface area contributed by atoms with E-state index in [1.165, 1.54) is 11.3 Å². The lowest BCUT2D eigenvalue weighted by molar-refractivity contribution is 0.103. The Bertz CT molecular complexity index is 1490. The highest BCUT2D eigenvalue weighted by atomic mass is 35.5. The Morgan fingerprint density at radius 3 is 2.42 bits per heavy atom. The molecule has 6 nitrogen and oxygen atoms in total. The molecule has 0 aliphatic rings. The van der Waals surface area contributed by atoms with Gasteiger partial charge in [0.15, 0.2) is 0 Å². The van der Waals surface area contributed by atoms with Gasteiger partial charge in [0.25, 0.3) is 5.91 Å². The maximum atomic E-state index is 12.8. The molecule has 0 saturated heterocycles. The number of anilines is 2. The molecule has 0 radical (unpaired) electrons. The first kappa shape index (κ1) is 23.7. The number of benzene rings is 3. The molecule has 4 aromatic rings. The van der Waals surface area contributed by atoms with E-state index in [2.05, 4.69) is 10.0 Å². The lowest BCUT2D eigenvalue weighted by Gasteiger charge is -2.11. The molecule has 1 amide bonds. The molecule has 11 heteroatoms. The highest BCUT2D eigenvalue weighted by Gasteiger charge is 2.14. The number of hydrogen-bond acceptors (Lipinski definition) is 5. The quantitative estimate of drug-likeness (QED) is 0.269. The monoisotopic (exact) mass is 540 g/mol. The molecule has 0 bridgehead atoms. The minimum absolute atomic E-state index is 0.336. The van der Waals surface area contributed by atoms with Crippen LogP contribution < -0.4 is 14.8 Å². The third-order valence-corrected chi connectivity index (χ3v) is 6.76. The average Bonchev–Trinajstić information content (AvgIpc) is 3.12. The minimum atomic E-state index is -3.40. The summed E-state index contributed by atoms with van der Waals surface area (Å²) in [6, 6.07) is 16.4. The van der Waals surface area contributed by atoms with Gasteiger partial charge in [-0.25, -0.2) is 8.42 Å². The third-order valence-electron chi connectivity index (χ3n) is 4.29. The number of nitrogens with one attached hydrogen (secondary N) is 2. The van der Waals surface area contributed by atoms with Gasteiger partial charge in [0.2, 0.25) is 10.0 Å². The van der Waals surface area contributed by atoms with Gasteiger partial charge in [-0.2, -0.15) is 0 Å². The molecular formula is C22H15Cl3N2O4S2. The third kappa shape index (κ3) is 6.10. The number of halogens is 3. The van der Waals surface area contributed by atoms with Crippen LogP contribution in [0.1, 0.15) is 9.67 Å². The average molecular weight is 542 g/mol. The Morgan fingerprint density at radius 2 is 1.70 bits per heavy atom. The Morgan fingerprint density at radius 1 is 0.909 bits per heavy atom. The van der Waals surface area contributed by atoms with Crippen LogP contribution in [0, 0.1) is 0 Å². The van der Waals surface area contributed by atoms with E-state index >= 15 is 0 Å². The Labute approximate surface area is 209 Å². The molecule has 4 rings (SSSR count). The number of rotatable bonds is 6. The molecule has 0 aliphatic carbocycles. The molecule has 2 N–H and O–H groups in total. The molecule has 0 spiro atoms. The lowest BCUT2D eigenvalue weighted by atomic mass is 10.2. The predicted molar refractivity (Wildman–Crippen MR) is 136 cm³/mol. The van der Waals surface area contributed by atoms with Crippen molar-refractivity contribution in [3.8, 4) is 11.5 Å². The van der Waals surface area contributed by atoms with Gasteiger partial charge in [-0.3, -0.25) is 9.52 Å². The summed E-state index contributed by atoms with van der Waals surface area (Å²) < 4.78 is 32.0. The van der Waals surface area contributed by atoms with Crippen molar-refractivity contribution >= 4 is 83.5 Å². The topological polar surface area (TPSA) is 84.5 Å². The van der Waals surface area contributed by atoms with Crippen LogP contribution in [0.3, 0.4) is 0 Å². The summed E-state index contributed by atoms with van der Waals surface area (Å²) in [6.45, 7) is 0. The lowest BCUT2D eigenvalue weighted by Crippen LogP contribution is -2.10. The van der Waals surface area contributed by atoms with Gasteiger partial charge in [-0.1, -0.05) is 34.8 Å². The Hall–Kier alpha value is -2.49. The fourth-order valence-corrected chi connectivity index (χ4v) is 5.17. The second kappa shape index (κ2) is 9.40. The fraction of sp³-hybridized carbons (Fsp3) is 0.0455. The van der Waals surface area contributed by atoms with Crippen LogP contribution in [0.5, 0.6) is 11.5 Å².